The smallest absolute Gasteiger partial charge is 0.123 e. The Morgan fingerprint density at radius 1 is 1.60 bits per heavy atom. The average molecular weight is 162 g/mol. The minimum absolute atomic E-state index is 0.455. The monoisotopic (exact) mass is 161 g/mol. The molecule has 0 fully saturated rings. The molecule has 0 rings (SSSR count). The number of unbranched alkanes of at least 4 members (excludes halogenated alkanes) is 2. The van der Waals surface area contributed by atoms with Gasteiger partial charge in [0.2, 0.25) is 0 Å². The molecule has 0 aliphatic rings. The fraction of sp³-hybridized carbons (Fsp3) is 0.625. The van der Waals surface area contributed by atoms with Crippen LogP contribution in [0.25, 0.3) is 0 Å². The summed E-state index contributed by atoms with van der Waals surface area (Å²) in [6.45, 7) is 7.85. The molecule has 0 aromatic carbocycles. The van der Waals surface area contributed by atoms with Crippen LogP contribution in [0.1, 0.15) is 26.2 Å². The Labute approximate surface area is 68.0 Å². The standard InChI is InChI=1S/C8H14ClO/c1-3-4-5-6-10-7-8(2)9/h7H,2-6H2,1H3. The summed E-state index contributed by atoms with van der Waals surface area (Å²) < 4.78 is 5.04. The van der Waals surface area contributed by atoms with Gasteiger partial charge in [-0.3, -0.25) is 0 Å². The molecule has 0 aromatic heterocycles. The molecule has 0 atom stereocenters. The molecule has 59 valence electrons. The van der Waals surface area contributed by atoms with E-state index in [1.807, 2.05) is 0 Å². The molecule has 0 heterocycles. The molecule has 0 aliphatic carbocycles. The van der Waals surface area contributed by atoms with Crippen molar-refractivity contribution in [2.24, 2.45) is 0 Å². The van der Waals surface area contributed by atoms with Gasteiger partial charge in [0.05, 0.1) is 0 Å². The molecule has 0 bridgehead atoms. The highest BCUT2D eigenvalue weighted by atomic mass is 35.5. The third kappa shape index (κ3) is 7.99. The van der Waals surface area contributed by atoms with Crippen LogP contribution in [0.3, 0.4) is 0 Å². The van der Waals surface area contributed by atoms with E-state index >= 15 is 0 Å². The van der Waals surface area contributed by atoms with Crippen molar-refractivity contribution in [1.29, 1.82) is 0 Å². The Bertz CT molecular complexity index is 91.3. The van der Waals surface area contributed by atoms with E-state index in [4.69, 9.17) is 16.3 Å². The van der Waals surface area contributed by atoms with Gasteiger partial charge in [-0.25, -0.2) is 0 Å². The van der Waals surface area contributed by atoms with Crippen molar-refractivity contribution >= 4 is 11.6 Å². The summed E-state index contributed by atoms with van der Waals surface area (Å²) in [6, 6.07) is 0. The van der Waals surface area contributed by atoms with Gasteiger partial charge in [0.25, 0.3) is 0 Å². The summed E-state index contributed by atoms with van der Waals surface area (Å²) in [6.07, 6.45) is 3.52. The zero-order chi connectivity index (χ0) is 7.82. The van der Waals surface area contributed by atoms with Crippen LogP contribution in [0.15, 0.2) is 11.6 Å². The molecule has 0 aromatic rings. The van der Waals surface area contributed by atoms with E-state index in [9.17, 15) is 0 Å². The van der Waals surface area contributed by atoms with Gasteiger partial charge in [0.1, 0.15) is 6.61 Å². The van der Waals surface area contributed by atoms with Crippen LogP contribution in [0, 0.1) is 6.61 Å². The van der Waals surface area contributed by atoms with Crippen LogP contribution < -0.4 is 0 Å². The number of halogens is 1. The van der Waals surface area contributed by atoms with Crippen LogP contribution in [0.5, 0.6) is 0 Å². The molecular formula is C8H14ClO. The van der Waals surface area contributed by atoms with Crippen LogP contribution >= 0.6 is 11.6 Å². The van der Waals surface area contributed by atoms with Gasteiger partial charge in [-0.1, -0.05) is 37.9 Å². The van der Waals surface area contributed by atoms with Gasteiger partial charge in [0.15, 0.2) is 0 Å². The topological polar surface area (TPSA) is 9.23 Å². The molecule has 0 saturated carbocycles. The highest BCUT2D eigenvalue weighted by Crippen LogP contribution is 2.03. The lowest BCUT2D eigenvalue weighted by Gasteiger charge is -1.99. The fourth-order valence-corrected chi connectivity index (χ4v) is 0.648. The normalized spacial score (nSPS) is 9.80. The van der Waals surface area contributed by atoms with E-state index in [0.717, 1.165) is 13.0 Å². The Morgan fingerprint density at radius 3 is 2.80 bits per heavy atom. The summed E-state index contributed by atoms with van der Waals surface area (Å²) in [4.78, 5) is 0. The third-order valence-electron chi connectivity index (χ3n) is 1.08. The Balaban J connectivity index is 2.84. The van der Waals surface area contributed by atoms with Crippen molar-refractivity contribution in [3.05, 3.63) is 18.2 Å². The second kappa shape index (κ2) is 7.10. The maximum Gasteiger partial charge on any atom is 0.123 e. The molecule has 10 heavy (non-hydrogen) atoms. The number of rotatable bonds is 6. The Morgan fingerprint density at radius 2 is 2.30 bits per heavy atom. The molecular weight excluding hydrogens is 148 g/mol. The largest absolute Gasteiger partial charge is 0.369 e. The van der Waals surface area contributed by atoms with Crippen molar-refractivity contribution in [2.75, 3.05) is 6.61 Å². The SMILES string of the molecule is C=C(Cl)[CH]OCCCCC. The van der Waals surface area contributed by atoms with Crippen LogP contribution in [-0.4, -0.2) is 6.61 Å². The molecule has 0 saturated heterocycles. The lowest BCUT2D eigenvalue weighted by atomic mass is 10.3. The van der Waals surface area contributed by atoms with E-state index in [1.54, 1.807) is 0 Å². The second-order valence-electron chi connectivity index (χ2n) is 2.14. The summed E-state index contributed by atoms with van der Waals surface area (Å²) in [5.41, 5.74) is 0. The average Bonchev–Trinajstić information content (AvgIpc) is 1.87. The van der Waals surface area contributed by atoms with Gasteiger partial charge in [-0.15, -0.1) is 0 Å². The van der Waals surface area contributed by atoms with Crippen molar-refractivity contribution in [3.63, 3.8) is 0 Å². The van der Waals surface area contributed by atoms with Crippen LogP contribution in [0.2, 0.25) is 0 Å². The molecule has 2 heteroatoms. The van der Waals surface area contributed by atoms with E-state index < -0.39 is 0 Å². The maximum absolute atomic E-state index is 5.42. The lowest BCUT2D eigenvalue weighted by Crippen LogP contribution is -1.90. The molecule has 0 spiro atoms. The van der Waals surface area contributed by atoms with Gasteiger partial charge < -0.3 is 4.74 Å². The van der Waals surface area contributed by atoms with Gasteiger partial charge in [-0.05, 0) is 6.42 Å². The van der Waals surface area contributed by atoms with Gasteiger partial charge >= 0.3 is 0 Å². The minimum atomic E-state index is 0.455. The molecule has 1 nitrogen and oxygen atoms in total. The van der Waals surface area contributed by atoms with Crippen molar-refractivity contribution < 1.29 is 4.74 Å². The first-order chi connectivity index (χ1) is 4.77. The second-order valence-corrected chi connectivity index (χ2v) is 2.63. The first-order valence-electron chi connectivity index (χ1n) is 3.56. The summed E-state index contributed by atoms with van der Waals surface area (Å²) in [5, 5.41) is 0.455. The first kappa shape index (κ1) is 9.99. The lowest BCUT2D eigenvalue weighted by molar-refractivity contribution is 0.207. The quantitative estimate of drug-likeness (QED) is 0.544. The number of hydrogen-bond donors (Lipinski definition) is 0. The van der Waals surface area contributed by atoms with E-state index in [2.05, 4.69) is 13.5 Å². The predicted octanol–water partition coefficient (Wildman–Crippen LogP) is 3.11. The Hall–Kier alpha value is -0.0100. The van der Waals surface area contributed by atoms with Crippen molar-refractivity contribution in [1.82, 2.24) is 0 Å². The highest BCUT2D eigenvalue weighted by molar-refractivity contribution is 6.30. The molecule has 0 aliphatic heterocycles. The summed E-state index contributed by atoms with van der Waals surface area (Å²) >= 11 is 5.42. The van der Waals surface area contributed by atoms with Crippen molar-refractivity contribution in [2.45, 2.75) is 26.2 Å². The molecule has 0 N–H and O–H groups in total. The van der Waals surface area contributed by atoms with Crippen LogP contribution in [0.4, 0.5) is 0 Å². The Kier molecular flexibility index (Phi) is 7.09. The zero-order valence-electron chi connectivity index (χ0n) is 6.40. The molecule has 1 radical (unpaired) electrons. The van der Waals surface area contributed by atoms with E-state index in [-0.39, 0.29) is 0 Å². The minimum Gasteiger partial charge on any atom is -0.369 e. The maximum atomic E-state index is 5.42. The number of hydrogen-bond acceptors (Lipinski definition) is 1. The van der Waals surface area contributed by atoms with E-state index in [0.29, 0.717) is 5.03 Å². The van der Waals surface area contributed by atoms with Gasteiger partial charge in [-0.2, -0.15) is 0 Å². The third-order valence-corrected chi connectivity index (χ3v) is 1.17. The van der Waals surface area contributed by atoms with Gasteiger partial charge in [0, 0.05) is 11.6 Å². The van der Waals surface area contributed by atoms with Crippen LogP contribution in [-0.2, 0) is 4.74 Å². The number of ether oxygens (including phenoxy) is 1. The van der Waals surface area contributed by atoms with E-state index in [1.165, 1.54) is 19.4 Å². The molecule has 0 unspecified atom stereocenters. The first-order valence-corrected chi connectivity index (χ1v) is 3.94. The fourth-order valence-electron chi connectivity index (χ4n) is 0.585. The summed E-state index contributed by atoms with van der Waals surface area (Å²) in [5.74, 6) is 0. The zero-order valence-corrected chi connectivity index (χ0v) is 7.16. The predicted molar refractivity (Wildman–Crippen MR) is 44.8 cm³/mol. The summed E-state index contributed by atoms with van der Waals surface area (Å²) in [7, 11) is 0. The highest BCUT2D eigenvalue weighted by Gasteiger charge is 1.89. The van der Waals surface area contributed by atoms with Crippen molar-refractivity contribution in [3.8, 4) is 0 Å². The molecule has 0 amide bonds.